The number of hydrogen-bond acceptors (Lipinski definition) is 4. The van der Waals surface area contributed by atoms with Crippen molar-refractivity contribution in [3.63, 3.8) is 0 Å². The van der Waals surface area contributed by atoms with Crippen LogP contribution >= 0.6 is 0 Å². The van der Waals surface area contributed by atoms with Gasteiger partial charge in [-0.3, -0.25) is 9.10 Å². The number of carbonyl (C=O) groups is 2. The average molecular weight is 400 g/mol. The molecule has 0 radical (unpaired) electrons. The molecule has 1 aliphatic heterocycles. The van der Waals surface area contributed by atoms with Gasteiger partial charge >= 0.3 is 0 Å². The predicted octanol–water partition coefficient (Wildman–Crippen LogP) is 4.15. The van der Waals surface area contributed by atoms with E-state index < -0.39 is 15.4 Å². The van der Waals surface area contributed by atoms with Gasteiger partial charge in [0.2, 0.25) is 0 Å². The van der Waals surface area contributed by atoms with Crippen LogP contribution in [-0.2, 0) is 14.8 Å². The van der Waals surface area contributed by atoms with Crippen molar-refractivity contribution in [1.82, 2.24) is 0 Å². The van der Waals surface area contributed by atoms with Gasteiger partial charge in [0, 0.05) is 12.1 Å². The molecule has 0 saturated carbocycles. The van der Waals surface area contributed by atoms with Gasteiger partial charge in [0.25, 0.3) is 10.0 Å². The van der Waals surface area contributed by atoms with Crippen molar-refractivity contribution < 1.29 is 18.0 Å². The van der Waals surface area contributed by atoms with Crippen molar-refractivity contribution in [3.8, 4) is 0 Å². The quantitative estimate of drug-likeness (QED) is 0.540. The standard InChI is InChI=1S/C22H25NO4S/c1-3-4-13-22(16-24)14-15-23(20-8-6-5-7-19(20)21(22)25)28(26,27)18-11-9-17(2)10-12-18/h5-12,16H,3-4,13-15H2,1-2H3. The fourth-order valence-corrected chi connectivity index (χ4v) is 5.16. The number of rotatable bonds is 6. The first-order valence-electron chi connectivity index (χ1n) is 9.55. The van der Waals surface area contributed by atoms with Crippen LogP contribution in [0.4, 0.5) is 5.69 Å². The molecule has 6 heteroatoms. The number of ketones is 1. The number of sulfonamides is 1. The largest absolute Gasteiger partial charge is 0.302 e. The number of nitrogens with zero attached hydrogens (tertiary/aromatic N) is 1. The highest BCUT2D eigenvalue weighted by molar-refractivity contribution is 7.92. The molecule has 148 valence electrons. The molecule has 0 fully saturated rings. The number of anilines is 1. The molecular formula is C22H25NO4S. The van der Waals surface area contributed by atoms with Gasteiger partial charge in [0.05, 0.1) is 16.0 Å². The third kappa shape index (κ3) is 3.49. The second kappa shape index (κ2) is 7.87. The molecule has 0 amide bonds. The van der Waals surface area contributed by atoms with Gasteiger partial charge in [-0.05, 0) is 44.0 Å². The summed E-state index contributed by atoms with van der Waals surface area (Å²) in [6.07, 6.45) is 2.92. The normalized spacial score (nSPS) is 19.8. The Morgan fingerprint density at radius 2 is 1.79 bits per heavy atom. The van der Waals surface area contributed by atoms with E-state index in [2.05, 4.69) is 0 Å². The number of carbonyl (C=O) groups excluding carboxylic acids is 2. The van der Waals surface area contributed by atoms with Gasteiger partial charge in [0.1, 0.15) is 6.29 Å². The Labute approximate surface area is 166 Å². The molecule has 0 aliphatic carbocycles. The van der Waals surface area contributed by atoms with Crippen molar-refractivity contribution in [2.45, 2.75) is 44.4 Å². The lowest BCUT2D eigenvalue weighted by Crippen LogP contribution is -2.35. The minimum Gasteiger partial charge on any atom is -0.302 e. The molecule has 0 bridgehead atoms. The number of para-hydroxylation sites is 1. The summed E-state index contributed by atoms with van der Waals surface area (Å²) in [5.74, 6) is -0.284. The first kappa shape index (κ1) is 20.3. The summed E-state index contributed by atoms with van der Waals surface area (Å²) in [6.45, 7) is 3.98. The van der Waals surface area contributed by atoms with Gasteiger partial charge in [0.15, 0.2) is 5.78 Å². The van der Waals surface area contributed by atoms with E-state index in [0.717, 1.165) is 24.7 Å². The minimum atomic E-state index is -3.85. The minimum absolute atomic E-state index is 0.0847. The highest BCUT2D eigenvalue weighted by atomic mass is 32.2. The van der Waals surface area contributed by atoms with Crippen molar-refractivity contribution in [2.75, 3.05) is 10.8 Å². The summed E-state index contributed by atoms with van der Waals surface area (Å²) in [6, 6.07) is 13.3. The Kier molecular flexibility index (Phi) is 5.70. The zero-order valence-electron chi connectivity index (χ0n) is 16.2. The molecular weight excluding hydrogens is 374 g/mol. The molecule has 0 N–H and O–H groups in total. The second-order valence-corrected chi connectivity index (χ2v) is 9.23. The van der Waals surface area contributed by atoms with Gasteiger partial charge in [-0.15, -0.1) is 0 Å². The van der Waals surface area contributed by atoms with Gasteiger partial charge in [-0.2, -0.15) is 0 Å². The van der Waals surface area contributed by atoms with Gasteiger partial charge in [-0.25, -0.2) is 8.42 Å². The predicted molar refractivity (Wildman–Crippen MR) is 109 cm³/mol. The molecule has 2 aromatic rings. The molecule has 2 aromatic carbocycles. The van der Waals surface area contributed by atoms with Crippen LogP contribution in [0.1, 0.15) is 48.5 Å². The summed E-state index contributed by atoms with van der Waals surface area (Å²) in [4.78, 5) is 25.5. The van der Waals surface area contributed by atoms with Crippen LogP contribution in [0.5, 0.6) is 0 Å². The van der Waals surface area contributed by atoms with Crippen LogP contribution < -0.4 is 4.31 Å². The number of Topliss-reactive ketones (excluding diaryl/α,β-unsaturated/α-hetero) is 1. The first-order chi connectivity index (χ1) is 13.4. The molecule has 28 heavy (non-hydrogen) atoms. The van der Waals surface area contributed by atoms with Crippen LogP contribution in [0.3, 0.4) is 0 Å². The van der Waals surface area contributed by atoms with E-state index in [-0.39, 0.29) is 23.6 Å². The summed E-state index contributed by atoms with van der Waals surface area (Å²) < 4.78 is 28.0. The molecule has 0 aromatic heterocycles. The monoisotopic (exact) mass is 399 g/mol. The van der Waals surface area contributed by atoms with E-state index in [1.54, 1.807) is 48.5 Å². The lowest BCUT2D eigenvalue weighted by Gasteiger charge is -2.26. The average Bonchev–Trinajstić information content (AvgIpc) is 2.82. The topological polar surface area (TPSA) is 71.5 Å². The Bertz CT molecular complexity index is 982. The van der Waals surface area contributed by atoms with Gasteiger partial charge < -0.3 is 4.79 Å². The number of benzene rings is 2. The fourth-order valence-electron chi connectivity index (χ4n) is 3.68. The Morgan fingerprint density at radius 3 is 2.43 bits per heavy atom. The molecule has 3 rings (SSSR count). The lowest BCUT2D eigenvalue weighted by atomic mass is 9.75. The van der Waals surface area contributed by atoms with E-state index >= 15 is 0 Å². The number of hydrogen-bond donors (Lipinski definition) is 0. The number of aryl methyl sites for hydroxylation is 1. The number of aldehydes is 1. The smallest absolute Gasteiger partial charge is 0.264 e. The molecule has 5 nitrogen and oxygen atoms in total. The van der Waals surface area contributed by atoms with Crippen molar-refractivity contribution in [3.05, 3.63) is 59.7 Å². The maximum atomic E-state index is 13.4. The highest BCUT2D eigenvalue weighted by Crippen LogP contribution is 2.40. The molecule has 0 saturated heterocycles. The SMILES string of the molecule is CCCCC1(C=O)CCN(S(=O)(=O)c2ccc(C)cc2)c2ccccc2C1=O. The van der Waals surface area contributed by atoms with Crippen molar-refractivity contribution in [1.29, 1.82) is 0 Å². The van der Waals surface area contributed by atoms with E-state index in [9.17, 15) is 18.0 Å². The molecule has 1 atom stereocenters. The third-order valence-electron chi connectivity index (χ3n) is 5.44. The lowest BCUT2D eigenvalue weighted by molar-refractivity contribution is -0.114. The van der Waals surface area contributed by atoms with Crippen molar-refractivity contribution in [2.24, 2.45) is 5.41 Å². The van der Waals surface area contributed by atoms with Crippen LogP contribution in [0.15, 0.2) is 53.4 Å². The zero-order chi connectivity index (χ0) is 20.4. The number of fused-ring (bicyclic) bond motifs is 1. The van der Waals surface area contributed by atoms with E-state index in [1.807, 2.05) is 13.8 Å². The molecule has 1 aliphatic rings. The summed E-state index contributed by atoms with van der Waals surface area (Å²) in [7, 11) is -3.85. The van der Waals surface area contributed by atoms with Crippen LogP contribution in [-0.4, -0.2) is 27.0 Å². The maximum Gasteiger partial charge on any atom is 0.264 e. The third-order valence-corrected chi connectivity index (χ3v) is 7.27. The second-order valence-electron chi connectivity index (χ2n) is 7.36. The Hall–Kier alpha value is -2.47. The fraction of sp³-hybridized carbons (Fsp3) is 0.364. The van der Waals surface area contributed by atoms with Crippen molar-refractivity contribution >= 4 is 27.8 Å². The summed E-state index contributed by atoms with van der Waals surface area (Å²) in [5.41, 5.74) is 0.418. The van der Waals surface area contributed by atoms with E-state index in [4.69, 9.17) is 0 Å². The Morgan fingerprint density at radius 1 is 1.11 bits per heavy atom. The van der Waals surface area contributed by atoms with Crippen LogP contribution in [0.2, 0.25) is 0 Å². The summed E-state index contributed by atoms with van der Waals surface area (Å²) >= 11 is 0. The highest BCUT2D eigenvalue weighted by Gasteiger charge is 2.44. The molecule has 1 heterocycles. The summed E-state index contributed by atoms with van der Waals surface area (Å²) in [5, 5.41) is 0. The van der Waals surface area contributed by atoms with E-state index in [0.29, 0.717) is 17.7 Å². The molecule has 0 spiro atoms. The zero-order valence-corrected chi connectivity index (χ0v) is 17.0. The van der Waals surface area contributed by atoms with Gasteiger partial charge in [-0.1, -0.05) is 49.6 Å². The maximum absolute atomic E-state index is 13.4. The number of unbranched alkanes of at least 4 members (excludes halogenated alkanes) is 1. The van der Waals surface area contributed by atoms with Crippen LogP contribution in [0.25, 0.3) is 0 Å². The van der Waals surface area contributed by atoms with Crippen LogP contribution in [0, 0.1) is 12.3 Å². The molecule has 1 unspecified atom stereocenters. The Balaban J connectivity index is 2.12. The van der Waals surface area contributed by atoms with E-state index in [1.165, 1.54) is 4.31 Å². The first-order valence-corrected chi connectivity index (χ1v) is 11.0.